The Bertz CT molecular complexity index is 810. The van der Waals surface area contributed by atoms with Crippen LogP contribution in [0.5, 0.6) is 0 Å². The molecule has 0 aromatic heterocycles. The number of aliphatic imine (C=N–C) groups is 1. The molecule has 172 valence electrons. The average molecular weight is 563 g/mol. The zero-order valence-corrected chi connectivity index (χ0v) is 20.4. The van der Waals surface area contributed by atoms with Crippen molar-refractivity contribution < 1.29 is 21.6 Å². The first-order valence-electron chi connectivity index (χ1n) is 9.29. The van der Waals surface area contributed by atoms with Crippen molar-refractivity contribution in [3.63, 3.8) is 0 Å². The summed E-state index contributed by atoms with van der Waals surface area (Å²) in [5.74, 6) is 0.529. The van der Waals surface area contributed by atoms with Crippen LogP contribution >= 0.6 is 24.0 Å². The molecule has 12 heteroatoms. The molecule has 0 aliphatic carbocycles. The summed E-state index contributed by atoms with van der Waals surface area (Å²) in [5, 5.41) is 6.39. The van der Waals surface area contributed by atoms with Gasteiger partial charge in [0.1, 0.15) is 0 Å². The van der Waals surface area contributed by atoms with Crippen LogP contribution in [0.2, 0.25) is 0 Å². The SMILES string of the molecule is CN=C(NCc1ccccc1CN(C)C)NC1CCN(S(=O)(=O)C(F)(F)F)CC1.I. The summed E-state index contributed by atoms with van der Waals surface area (Å²) < 4.78 is 61.5. The number of piperidine rings is 1. The number of sulfonamides is 1. The number of nitrogens with one attached hydrogen (secondary N) is 2. The zero-order valence-electron chi connectivity index (χ0n) is 17.2. The fourth-order valence-electron chi connectivity index (χ4n) is 3.18. The molecule has 0 atom stereocenters. The average Bonchev–Trinajstić information content (AvgIpc) is 2.65. The van der Waals surface area contributed by atoms with E-state index >= 15 is 0 Å². The van der Waals surface area contributed by atoms with Gasteiger partial charge in [-0.3, -0.25) is 4.99 Å². The van der Waals surface area contributed by atoms with E-state index in [2.05, 4.69) is 26.6 Å². The zero-order chi connectivity index (χ0) is 21.7. The first kappa shape index (κ1) is 26.9. The minimum absolute atomic E-state index is 0. The van der Waals surface area contributed by atoms with E-state index < -0.39 is 15.5 Å². The van der Waals surface area contributed by atoms with Crippen molar-refractivity contribution in [2.24, 2.45) is 4.99 Å². The fourth-order valence-corrected chi connectivity index (χ4v) is 4.16. The maximum Gasteiger partial charge on any atom is 0.511 e. The van der Waals surface area contributed by atoms with Crippen LogP contribution in [0.1, 0.15) is 24.0 Å². The Morgan fingerprint density at radius 3 is 2.27 bits per heavy atom. The number of hydrogen-bond donors (Lipinski definition) is 2. The third kappa shape index (κ3) is 7.24. The van der Waals surface area contributed by atoms with Crippen molar-refractivity contribution in [2.45, 2.75) is 37.5 Å². The number of hydrogen-bond acceptors (Lipinski definition) is 4. The van der Waals surface area contributed by atoms with Crippen molar-refractivity contribution in [1.82, 2.24) is 19.8 Å². The lowest BCUT2D eigenvalue weighted by molar-refractivity contribution is -0.0494. The second-order valence-electron chi connectivity index (χ2n) is 7.20. The molecule has 1 fully saturated rings. The molecule has 1 aromatic carbocycles. The number of halogens is 4. The van der Waals surface area contributed by atoms with E-state index in [4.69, 9.17) is 0 Å². The Morgan fingerprint density at radius 2 is 1.77 bits per heavy atom. The van der Waals surface area contributed by atoms with Crippen molar-refractivity contribution >= 4 is 40.0 Å². The molecule has 2 N–H and O–H groups in total. The molecule has 30 heavy (non-hydrogen) atoms. The van der Waals surface area contributed by atoms with Gasteiger partial charge in [-0.25, -0.2) is 8.42 Å². The Morgan fingerprint density at radius 1 is 1.20 bits per heavy atom. The van der Waals surface area contributed by atoms with Gasteiger partial charge in [0.25, 0.3) is 0 Å². The Kier molecular flexibility index (Phi) is 10.3. The molecule has 0 unspecified atom stereocenters. The lowest BCUT2D eigenvalue weighted by atomic mass is 10.1. The molecule has 1 aromatic rings. The van der Waals surface area contributed by atoms with Crippen LogP contribution in [0.4, 0.5) is 13.2 Å². The molecular formula is C18H29F3IN5O2S. The van der Waals surface area contributed by atoms with Crippen molar-refractivity contribution in [1.29, 1.82) is 0 Å². The van der Waals surface area contributed by atoms with Crippen molar-refractivity contribution in [2.75, 3.05) is 34.2 Å². The molecule has 0 spiro atoms. The Balaban J connectivity index is 0.00000450. The molecule has 1 aliphatic heterocycles. The predicted octanol–water partition coefficient (Wildman–Crippen LogP) is 2.35. The molecule has 1 saturated heterocycles. The summed E-state index contributed by atoms with van der Waals surface area (Å²) in [5.41, 5.74) is -2.95. The third-order valence-corrected chi connectivity index (χ3v) is 6.33. The van der Waals surface area contributed by atoms with Crippen molar-refractivity contribution in [3.8, 4) is 0 Å². The molecule has 7 nitrogen and oxygen atoms in total. The van der Waals surface area contributed by atoms with Gasteiger partial charge in [-0.2, -0.15) is 17.5 Å². The van der Waals surface area contributed by atoms with Crippen LogP contribution in [-0.2, 0) is 23.1 Å². The smallest absolute Gasteiger partial charge is 0.354 e. The summed E-state index contributed by atoms with van der Waals surface area (Å²) >= 11 is 0. The number of nitrogens with zero attached hydrogens (tertiary/aromatic N) is 3. The van der Waals surface area contributed by atoms with Gasteiger partial charge in [0.05, 0.1) is 0 Å². The minimum Gasteiger partial charge on any atom is -0.354 e. The van der Waals surface area contributed by atoms with Crippen LogP contribution in [-0.4, -0.2) is 69.4 Å². The summed E-state index contributed by atoms with van der Waals surface area (Å²) in [6.07, 6.45) is 0.542. The van der Waals surface area contributed by atoms with Crippen LogP contribution in [0.15, 0.2) is 29.3 Å². The van der Waals surface area contributed by atoms with E-state index in [1.807, 2.05) is 32.3 Å². The van der Waals surface area contributed by atoms with E-state index in [9.17, 15) is 21.6 Å². The summed E-state index contributed by atoms with van der Waals surface area (Å²) in [6.45, 7) is 0.991. The number of guanidine groups is 1. The molecular weight excluding hydrogens is 534 g/mol. The molecule has 0 radical (unpaired) electrons. The second kappa shape index (κ2) is 11.5. The topological polar surface area (TPSA) is 77.0 Å². The molecule has 0 saturated carbocycles. The van der Waals surface area contributed by atoms with Gasteiger partial charge >= 0.3 is 15.5 Å². The van der Waals surface area contributed by atoms with E-state index in [-0.39, 0.29) is 55.9 Å². The number of alkyl halides is 3. The molecule has 0 amide bonds. The van der Waals surface area contributed by atoms with Gasteiger partial charge in [-0.1, -0.05) is 24.3 Å². The quantitative estimate of drug-likeness (QED) is 0.316. The monoisotopic (exact) mass is 563 g/mol. The summed E-state index contributed by atoms with van der Waals surface area (Å²) in [7, 11) is 0.345. The first-order chi connectivity index (χ1) is 13.5. The normalized spacial score (nSPS) is 17.0. The van der Waals surface area contributed by atoms with Gasteiger partial charge < -0.3 is 15.5 Å². The third-order valence-electron chi connectivity index (χ3n) is 4.70. The molecule has 2 rings (SSSR count). The van der Waals surface area contributed by atoms with Gasteiger partial charge in [0.2, 0.25) is 0 Å². The van der Waals surface area contributed by atoms with E-state index in [1.165, 1.54) is 5.56 Å². The molecule has 1 aliphatic rings. The van der Waals surface area contributed by atoms with Crippen LogP contribution < -0.4 is 10.6 Å². The van der Waals surface area contributed by atoms with E-state index in [0.29, 0.717) is 16.8 Å². The maximum absolute atomic E-state index is 12.7. The summed E-state index contributed by atoms with van der Waals surface area (Å²) in [6, 6.07) is 7.88. The highest BCUT2D eigenvalue weighted by atomic mass is 127. The highest BCUT2D eigenvalue weighted by Crippen LogP contribution is 2.28. The number of benzene rings is 1. The van der Waals surface area contributed by atoms with Gasteiger partial charge in [-0.05, 0) is 38.1 Å². The second-order valence-corrected chi connectivity index (χ2v) is 9.13. The van der Waals surface area contributed by atoms with Crippen LogP contribution in [0.3, 0.4) is 0 Å². The summed E-state index contributed by atoms with van der Waals surface area (Å²) in [4.78, 5) is 6.25. The standard InChI is InChI=1S/C18H28F3N5O2S.HI/c1-22-17(23-12-14-6-4-5-7-15(14)13-25(2)3)24-16-8-10-26(11-9-16)29(27,28)18(19,20)21;/h4-7,16H,8-13H2,1-3H3,(H2,22,23,24);1H. The van der Waals surface area contributed by atoms with E-state index in [1.54, 1.807) is 7.05 Å². The van der Waals surface area contributed by atoms with Gasteiger partial charge in [-0.15, -0.1) is 24.0 Å². The van der Waals surface area contributed by atoms with Gasteiger partial charge in [0.15, 0.2) is 5.96 Å². The van der Waals surface area contributed by atoms with E-state index in [0.717, 1.165) is 12.1 Å². The fraction of sp³-hybridized carbons (Fsp3) is 0.611. The molecule has 0 bridgehead atoms. The molecule has 1 heterocycles. The Labute approximate surface area is 193 Å². The first-order valence-corrected chi connectivity index (χ1v) is 10.7. The maximum atomic E-state index is 12.7. The Hall–Kier alpha value is -1.12. The minimum atomic E-state index is -5.26. The van der Waals surface area contributed by atoms with Gasteiger partial charge in [0, 0.05) is 39.3 Å². The van der Waals surface area contributed by atoms with Crippen LogP contribution in [0.25, 0.3) is 0 Å². The van der Waals surface area contributed by atoms with Crippen molar-refractivity contribution in [3.05, 3.63) is 35.4 Å². The number of rotatable bonds is 6. The predicted molar refractivity (Wildman–Crippen MR) is 122 cm³/mol. The lowest BCUT2D eigenvalue weighted by Gasteiger charge is -2.32. The highest BCUT2D eigenvalue weighted by Gasteiger charge is 2.50. The van der Waals surface area contributed by atoms with Crippen LogP contribution in [0, 0.1) is 0 Å². The lowest BCUT2D eigenvalue weighted by Crippen LogP contribution is -2.51. The highest BCUT2D eigenvalue weighted by molar-refractivity contribution is 14.0. The largest absolute Gasteiger partial charge is 0.511 e.